The molecule has 0 bridgehead atoms. The molecule has 11 heteroatoms. The molecule has 1 aliphatic heterocycles. The molecule has 1 amide bonds. The summed E-state index contributed by atoms with van der Waals surface area (Å²) >= 11 is 0.900. The van der Waals surface area contributed by atoms with Crippen molar-refractivity contribution in [3.63, 3.8) is 0 Å². The van der Waals surface area contributed by atoms with Crippen LogP contribution in [0.5, 0.6) is 0 Å². The van der Waals surface area contributed by atoms with E-state index in [9.17, 15) is 26.7 Å². The number of carbonyl (C=O) groups excluding carboxylic acids is 1. The number of aliphatic imine (C=N–C) groups is 1. The zero-order valence-corrected chi connectivity index (χ0v) is 14.4. The van der Waals surface area contributed by atoms with Crippen LogP contribution in [0.3, 0.4) is 0 Å². The average molecular weight is 404 g/mol. The number of aromatic nitrogens is 1. The van der Waals surface area contributed by atoms with Crippen molar-refractivity contribution >= 4 is 28.8 Å². The fourth-order valence-corrected chi connectivity index (χ4v) is 3.26. The van der Waals surface area contributed by atoms with E-state index in [4.69, 9.17) is 5.73 Å². The Morgan fingerprint density at radius 3 is 2.81 bits per heavy atom. The highest BCUT2D eigenvalue weighted by atomic mass is 32.1. The van der Waals surface area contributed by atoms with Crippen molar-refractivity contribution in [2.24, 2.45) is 10.7 Å². The van der Waals surface area contributed by atoms with Gasteiger partial charge in [0, 0.05) is 16.6 Å². The molecule has 144 valence electrons. The Morgan fingerprint density at radius 2 is 2.15 bits per heavy atom. The summed E-state index contributed by atoms with van der Waals surface area (Å²) in [6.45, 7) is -0.837. The molecule has 5 nitrogen and oxygen atoms in total. The predicted molar refractivity (Wildman–Crippen MR) is 90.1 cm³/mol. The van der Waals surface area contributed by atoms with Crippen LogP contribution in [-0.4, -0.2) is 28.8 Å². The number of hydrogen-bond acceptors (Lipinski definition) is 5. The second-order valence-corrected chi connectivity index (χ2v) is 6.72. The lowest BCUT2D eigenvalue weighted by atomic mass is 9.93. The van der Waals surface area contributed by atoms with Crippen LogP contribution in [0.1, 0.15) is 33.5 Å². The van der Waals surface area contributed by atoms with E-state index in [-0.39, 0.29) is 16.4 Å². The molecule has 0 spiro atoms. The van der Waals surface area contributed by atoms with E-state index in [1.54, 1.807) is 0 Å². The average Bonchev–Trinajstić information content (AvgIpc) is 3.09. The summed E-state index contributed by atoms with van der Waals surface area (Å²) in [6, 6.07) is 1.000. The van der Waals surface area contributed by atoms with Crippen LogP contribution in [0, 0.1) is 5.82 Å². The highest BCUT2D eigenvalue weighted by molar-refractivity contribution is 7.11. The van der Waals surface area contributed by atoms with Gasteiger partial charge in [-0.05, 0) is 18.2 Å². The van der Waals surface area contributed by atoms with Crippen molar-refractivity contribution in [1.82, 2.24) is 4.98 Å². The van der Waals surface area contributed by atoms with Gasteiger partial charge in [0.05, 0.1) is 12.1 Å². The number of hydrogen-bond donors (Lipinski definition) is 2. The number of amidine groups is 1. The first-order valence-corrected chi connectivity index (χ1v) is 8.55. The number of rotatable bonds is 4. The third-order valence-corrected chi connectivity index (χ3v) is 4.77. The van der Waals surface area contributed by atoms with Gasteiger partial charge in [-0.1, -0.05) is 0 Å². The van der Waals surface area contributed by atoms with E-state index < -0.39 is 54.4 Å². The smallest absolute Gasteiger partial charge is 0.284 e. The van der Waals surface area contributed by atoms with Crippen LogP contribution < -0.4 is 11.1 Å². The number of amides is 1. The first-order chi connectivity index (χ1) is 12.7. The molecule has 1 aromatic carbocycles. The summed E-state index contributed by atoms with van der Waals surface area (Å²) in [7, 11) is 0. The quantitative estimate of drug-likeness (QED) is 0.761. The topological polar surface area (TPSA) is 80.4 Å². The lowest BCUT2D eigenvalue weighted by Gasteiger charge is -2.30. The van der Waals surface area contributed by atoms with Gasteiger partial charge < -0.3 is 11.1 Å². The van der Waals surface area contributed by atoms with Gasteiger partial charge in [0.1, 0.15) is 24.4 Å². The number of alkyl halides is 4. The van der Waals surface area contributed by atoms with Gasteiger partial charge >= 0.3 is 0 Å². The van der Waals surface area contributed by atoms with Gasteiger partial charge in [-0.25, -0.2) is 26.9 Å². The van der Waals surface area contributed by atoms with E-state index in [1.165, 1.54) is 5.38 Å². The monoisotopic (exact) mass is 404 g/mol. The molecule has 0 saturated carbocycles. The van der Waals surface area contributed by atoms with E-state index in [0.717, 1.165) is 29.5 Å². The Kier molecular flexibility index (Phi) is 5.13. The van der Waals surface area contributed by atoms with Crippen molar-refractivity contribution in [3.05, 3.63) is 45.7 Å². The second kappa shape index (κ2) is 7.22. The van der Waals surface area contributed by atoms with E-state index in [0.29, 0.717) is 0 Å². The minimum atomic E-state index is -3.66. The molecule has 0 aliphatic carbocycles. The molecule has 27 heavy (non-hydrogen) atoms. The van der Waals surface area contributed by atoms with Crippen LogP contribution in [0.25, 0.3) is 0 Å². The van der Waals surface area contributed by atoms with E-state index in [1.807, 2.05) is 0 Å². The summed E-state index contributed by atoms with van der Waals surface area (Å²) < 4.78 is 68.4. The summed E-state index contributed by atoms with van der Waals surface area (Å²) in [5.41, 5.74) is 4.85. The largest absolute Gasteiger partial charge is 0.385 e. The van der Waals surface area contributed by atoms with Crippen LogP contribution in [0.2, 0.25) is 0 Å². The Bertz CT molecular complexity index is 901. The van der Waals surface area contributed by atoms with Crippen molar-refractivity contribution in [3.8, 4) is 0 Å². The molecule has 1 aromatic heterocycles. The van der Waals surface area contributed by atoms with Gasteiger partial charge in [0.2, 0.25) is 0 Å². The minimum Gasteiger partial charge on any atom is -0.385 e. The highest BCUT2D eigenvalue weighted by Crippen LogP contribution is 2.43. The molecule has 1 aliphatic rings. The van der Waals surface area contributed by atoms with Crippen LogP contribution in [-0.2, 0) is 6.67 Å². The van der Waals surface area contributed by atoms with Crippen molar-refractivity contribution in [1.29, 1.82) is 0 Å². The molecule has 2 heterocycles. The Labute approximate surface area is 154 Å². The molecule has 0 fully saturated rings. The maximum absolute atomic E-state index is 14.2. The summed E-state index contributed by atoms with van der Waals surface area (Å²) in [5, 5.41) is 3.69. The minimum absolute atomic E-state index is 0.000317. The van der Waals surface area contributed by atoms with Crippen LogP contribution >= 0.6 is 11.3 Å². The van der Waals surface area contributed by atoms with Crippen LogP contribution in [0.4, 0.5) is 27.6 Å². The first kappa shape index (κ1) is 19.2. The van der Waals surface area contributed by atoms with E-state index in [2.05, 4.69) is 15.3 Å². The normalized spacial score (nSPS) is 21.6. The number of carbonyl (C=O) groups is 1. The Hall–Kier alpha value is -2.56. The predicted octanol–water partition coefficient (Wildman–Crippen LogP) is 3.78. The number of nitrogens with one attached hydrogen (secondary N) is 1. The molecule has 2 aromatic rings. The summed E-state index contributed by atoms with van der Waals surface area (Å²) in [4.78, 5) is 19.3. The zero-order chi connectivity index (χ0) is 19.8. The number of anilines is 1. The summed E-state index contributed by atoms with van der Waals surface area (Å²) in [6.07, 6.45) is -3.33. The SMILES string of the molecule is NC1=NC(c2cc(NC(=O)c3nc(CF)cs3)ccc2F)C(F)(F)CC1F. The molecule has 3 rings (SSSR count). The number of benzene rings is 1. The van der Waals surface area contributed by atoms with Gasteiger partial charge in [-0.3, -0.25) is 9.79 Å². The molecular formula is C16H13F5N4OS. The molecule has 2 unspecified atom stereocenters. The van der Waals surface area contributed by atoms with Gasteiger partial charge in [-0.15, -0.1) is 11.3 Å². The van der Waals surface area contributed by atoms with Crippen molar-refractivity contribution in [2.75, 3.05) is 5.32 Å². The maximum atomic E-state index is 14.2. The Morgan fingerprint density at radius 1 is 1.41 bits per heavy atom. The lowest BCUT2D eigenvalue weighted by Crippen LogP contribution is -2.41. The molecule has 3 N–H and O–H groups in total. The number of nitrogens with two attached hydrogens (primary N) is 1. The maximum Gasteiger partial charge on any atom is 0.284 e. The fraction of sp³-hybridized carbons (Fsp3) is 0.312. The summed E-state index contributed by atoms with van der Waals surface area (Å²) in [5.74, 6) is -6.00. The first-order valence-electron chi connectivity index (χ1n) is 7.67. The standard InChI is InChI=1S/C16H13F5N4OS/c17-5-8-6-27-15(24-8)14(26)23-7-1-2-10(18)9(3-7)12-16(20,21)4-11(19)13(22)25-12/h1-3,6,11-12H,4-5H2,(H2,22,25)(H,23,26). The lowest BCUT2D eigenvalue weighted by molar-refractivity contribution is -0.0511. The van der Waals surface area contributed by atoms with Gasteiger partial charge in [-0.2, -0.15) is 0 Å². The van der Waals surface area contributed by atoms with Crippen molar-refractivity contribution in [2.45, 2.75) is 31.2 Å². The van der Waals surface area contributed by atoms with Crippen LogP contribution in [0.15, 0.2) is 28.6 Å². The zero-order valence-electron chi connectivity index (χ0n) is 13.6. The highest BCUT2D eigenvalue weighted by Gasteiger charge is 2.48. The van der Waals surface area contributed by atoms with E-state index >= 15 is 0 Å². The number of nitrogens with zero attached hydrogens (tertiary/aromatic N) is 2. The molecule has 0 saturated heterocycles. The molecular weight excluding hydrogens is 391 g/mol. The third-order valence-electron chi connectivity index (χ3n) is 3.88. The van der Waals surface area contributed by atoms with Gasteiger partial charge in [0.25, 0.3) is 11.8 Å². The second-order valence-electron chi connectivity index (χ2n) is 5.86. The molecule has 2 atom stereocenters. The molecule has 0 radical (unpaired) electrons. The third kappa shape index (κ3) is 3.92. The number of halogens is 5. The van der Waals surface area contributed by atoms with Crippen molar-refractivity contribution < 1.29 is 26.7 Å². The Balaban J connectivity index is 1.89. The number of thiazole rings is 1. The van der Waals surface area contributed by atoms with Gasteiger partial charge in [0.15, 0.2) is 11.2 Å². The fourth-order valence-electron chi connectivity index (χ4n) is 2.56.